The van der Waals surface area contributed by atoms with E-state index in [0.717, 1.165) is 4.68 Å². The fourth-order valence-corrected chi connectivity index (χ4v) is 2.05. The van der Waals surface area contributed by atoms with E-state index in [4.69, 9.17) is 5.73 Å². The first-order chi connectivity index (χ1) is 10.8. The van der Waals surface area contributed by atoms with Crippen LogP contribution in [0.15, 0.2) is 12.3 Å². The van der Waals surface area contributed by atoms with Gasteiger partial charge >= 0.3 is 0 Å². The van der Waals surface area contributed by atoms with Crippen molar-refractivity contribution in [2.45, 2.75) is 33.4 Å². The van der Waals surface area contributed by atoms with E-state index in [2.05, 4.69) is 15.5 Å². The highest BCUT2D eigenvalue weighted by Gasteiger charge is 2.20. The Hall–Kier alpha value is -2.78. The van der Waals surface area contributed by atoms with Crippen molar-refractivity contribution in [1.82, 2.24) is 19.6 Å². The van der Waals surface area contributed by atoms with Gasteiger partial charge in [-0.3, -0.25) is 19.0 Å². The summed E-state index contributed by atoms with van der Waals surface area (Å²) in [7, 11) is 0. The zero-order chi connectivity index (χ0) is 17.1. The number of nitrogens with one attached hydrogen (secondary N) is 1. The molecule has 0 saturated heterocycles. The summed E-state index contributed by atoms with van der Waals surface area (Å²) in [6.07, 6.45) is -1.30. The molecule has 0 spiro atoms. The van der Waals surface area contributed by atoms with Crippen LogP contribution in [0.1, 0.15) is 35.2 Å². The van der Waals surface area contributed by atoms with Gasteiger partial charge < -0.3 is 11.1 Å². The molecule has 0 aliphatic heterocycles. The predicted octanol–water partition coefficient (Wildman–Crippen LogP) is 1.08. The van der Waals surface area contributed by atoms with Crippen molar-refractivity contribution < 1.29 is 18.4 Å². The highest BCUT2D eigenvalue weighted by atomic mass is 19.3. The van der Waals surface area contributed by atoms with Crippen LogP contribution in [0.5, 0.6) is 0 Å². The molecule has 8 nitrogen and oxygen atoms in total. The number of aryl methyl sites for hydroxylation is 2. The lowest BCUT2D eigenvalue weighted by Gasteiger charge is -2.07. The number of primary amides is 1. The van der Waals surface area contributed by atoms with Crippen molar-refractivity contribution in [3.05, 3.63) is 29.3 Å². The average Bonchev–Trinajstić information content (AvgIpc) is 3.02. The monoisotopic (exact) mass is 326 g/mol. The normalized spacial score (nSPS) is 11.0. The van der Waals surface area contributed by atoms with Gasteiger partial charge in [0.25, 0.3) is 12.3 Å². The quantitative estimate of drug-likeness (QED) is 0.828. The van der Waals surface area contributed by atoms with E-state index in [1.165, 1.54) is 16.9 Å². The van der Waals surface area contributed by atoms with Crippen molar-refractivity contribution in [3.8, 4) is 0 Å². The van der Waals surface area contributed by atoms with Crippen LogP contribution in [-0.4, -0.2) is 31.4 Å². The maximum atomic E-state index is 12.9. The number of halogens is 2. The van der Waals surface area contributed by atoms with Crippen molar-refractivity contribution >= 4 is 17.5 Å². The van der Waals surface area contributed by atoms with Crippen LogP contribution in [0.4, 0.5) is 14.5 Å². The lowest BCUT2D eigenvalue weighted by molar-refractivity contribution is -0.117. The Balaban J connectivity index is 2.17. The van der Waals surface area contributed by atoms with Crippen molar-refractivity contribution in [3.63, 3.8) is 0 Å². The number of carbonyl (C=O) groups is 2. The lowest BCUT2D eigenvalue weighted by atomic mass is 10.3. The third-order valence-electron chi connectivity index (χ3n) is 3.04. The average molecular weight is 326 g/mol. The molecule has 124 valence electrons. The molecule has 0 fully saturated rings. The second-order valence-corrected chi connectivity index (χ2v) is 4.83. The van der Waals surface area contributed by atoms with Gasteiger partial charge in [-0.25, -0.2) is 8.78 Å². The van der Waals surface area contributed by atoms with E-state index in [1.807, 2.05) is 0 Å². The largest absolute Gasteiger partial charge is 0.364 e. The standard InChI is InChI=1S/C13H16F2N6O2/c1-3-20-5-8(11(19-20)13(16)23)17-10(22)6-21-9(12(14)15)4-7(2)18-21/h4-5,12H,3,6H2,1-2H3,(H2,16,23)(H,17,22). The van der Waals surface area contributed by atoms with Crippen LogP contribution in [0.3, 0.4) is 0 Å². The van der Waals surface area contributed by atoms with E-state index in [9.17, 15) is 18.4 Å². The Bertz CT molecular complexity index is 737. The molecule has 0 aliphatic rings. The van der Waals surface area contributed by atoms with Gasteiger partial charge in [-0.15, -0.1) is 0 Å². The highest BCUT2D eigenvalue weighted by molar-refractivity contribution is 6.01. The number of aromatic nitrogens is 4. The summed E-state index contributed by atoms with van der Waals surface area (Å²) in [5.74, 6) is -1.41. The minimum atomic E-state index is -2.74. The van der Waals surface area contributed by atoms with Crippen molar-refractivity contribution in [1.29, 1.82) is 0 Å². The zero-order valence-corrected chi connectivity index (χ0v) is 12.6. The van der Waals surface area contributed by atoms with Crippen LogP contribution < -0.4 is 11.1 Å². The smallest absolute Gasteiger partial charge is 0.280 e. The van der Waals surface area contributed by atoms with Crippen molar-refractivity contribution in [2.75, 3.05) is 5.32 Å². The van der Waals surface area contributed by atoms with E-state index in [1.54, 1.807) is 13.8 Å². The first kappa shape index (κ1) is 16.6. The second-order valence-electron chi connectivity index (χ2n) is 4.83. The number of carbonyl (C=O) groups excluding carboxylic acids is 2. The Morgan fingerprint density at radius 3 is 2.65 bits per heavy atom. The summed E-state index contributed by atoms with van der Waals surface area (Å²) >= 11 is 0. The highest BCUT2D eigenvalue weighted by Crippen LogP contribution is 2.20. The molecule has 0 saturated carbocycles. The molecule has 0 radical (unpaired) electrons. The number of anilines is 1. The van der Waals surface area contributed by atoms with Gasteiger partial charge in [0.1, 0.15) is 12.2 Å². The molecule has 3 N–H and O–H groups in total. The van der Waals surface area contributed by atoms with E-state index in [0.29, 0.717) is 12.2 Å². The number of hydrogen-bond acceptors (Lipinski definition) is 4. The molecule has 2 amide bonds. The molecule has 10 heteroatoms. The van der Waals surface area contributed by atoms with E-state index < -0.39 is 24.8 Å². The molecule has 2 aromatic heterocycles. The SMILES string of the molecule is CCn1cc(NC(=O)Cn2nc(C)cc2C(F)F)c(C(N)=O)n1. The summed E-state index contributed by atoms with van der Waals surface area (Å²) in [5, 5.41) is 10.2. The molecule has 0 aromatic carbocycles. The predicted molar refractivity (Wildman–Crippen MR) is 77.0 cm³/mol. The number of rotatable bonds is 6. The van der Waals surface area contributed by atoms with Gasteiger partial charge in [-0.2, -0.15) is 10.2 Å². The van der Waals surface area contributed by atoms with Crippen LogP contribution in [-0.2, 0) is 17.9 Å². The zero-order valence-electron chi connectivity index (χ0n) is 12.6. The van der Waals surface area contributed by atoms with E-state index in [-0.39, 0.29) is 17.1 Å². The van der Waals surface area contributed by atoms with E-state index >= 15 is 0 Å². The molecular formula is C13H16F2N6O2. The first-order valence-corrected chi connectivity index (χ1v) is 6.81. The van der Waals surface area contributed by atoms with Gasteiger partial charge in [-0.05, 0) is 19.9 Å². The molecule has 0 bridgehead atoms. The van der Waals surface area contributed by atoms with Gasteiger partial charge in [0, 0.05) is 12.7 Å². The van der Waals surface area contributed by atoms with Gasteiger partial charge in [0.15, 0.2) is 5.69 Å². The summed E-state index contributed by atoms with van der Waals surface area (Å²) in [4.78, 5) is 23.3. The fourth-order valence-electron chi connectivity index (χ4n) is 2.05. The Kier molecular flexibility index (Phi) is 4.72. The first-order valence-electron chi connectivity index (χ1n) is 6.81. The molecule has 23 heavy (non-hydrogen) atoms. The van der Waals surface area contributed by atoms with Crippen LogP contribution in [0, 0.1) is 6.92 Å². The summed E-state index contributed by atoms with van der Waals surface area (Å²) in [6, 6.07) is 1.21. The number of nitrogens with two attached hydrogens (primary N) is 1. The minimum absolute atomic E-state index is 0.0917. The Morgan fingerprint density at radius 1 is 1.39 bits per heavy atom. The minimum Gasteiger partial charge on any atom is -0.364 e. The molecule has 0 aliphatic carbocycles. The summed E-state index contributed by atoms with van der Waals surface area (Å²) < 4.78 is 28.1. The Labute approximate surface area is 130 Å². The number of nitrogens with zero attached hydrogens (tertiary/aromatic N) is 4. The molecule has 0 atom stereocenters. The third kappa shape index (κ3) is 3.71. The summed E-state index contributed by atoms with van der Waals surface area (Å²) in [6.45, 7) is 3.41. The second kappa shape index (κ2) is 6.55. The number of hydrogen-bond donors (Lipinski definition) is 2. The van der Waals surface area contributed by atoms with Crippen LogP contribution in [0.2, 0.25) is 0 Å². The summed E-state index contributed by atoms with van der Waals surface area (Å²) in [5.41, 5.74) is 5.26. The number of amides is 2. The molecule has 2 heterocycles. The molecule has 2 aromatic rings. The molecule has 2 rings (SSSR count). The van der Waals surface area contributed by atoms with Gasteiger partial charge in [0.2, 0.25) is 5.91 Å². The molecule has 0 unspecified atom stereocenters. The lowest BCUT2D eigenvalue weighted by Crippen LogP contribution is -2.23. The van der Waals surface area contributed by atoms with Gasteiger partial charge in [-0.1, -0.05) is 0 Å². The molecular weight excluding hydrogens is 310 g/mol. The maximum Gasteiger partial charge on any atom is 0.280 e. The number of alkyl halides is 2. The van der Waals surface area contributed by atoms with Crippen LogP contribution >= 0.6 is 0 Å². The van der Waals surface area contributed by atoms with Crippen molar-refractivity contribution in [2.24, 2.45) is 5.73 Å². The third-order valence-corrected chi connectivity index (χ3v) is 3.04. The fraction of sp³-hybridized carbons (Fsp3) is 0.385. The van der Waals surface area contributed by atoms with Gasteiger partial charge in [0.05, 0.1) is 11.4 Å². The van der Waals surface area contributed by atoms with Crippen LogP contribution in [0.25, 0.3) is 0 Å². The Morgan fingerprint density at radius 2 is 2.09 bits per heavy atom. The topological polar surface area (TPSA) is 108 Å². The maximum absolute atomic E-state index is 12.9.